The molecule has 2 atom stereocenters. The van der Waals surface area contributed by atoms with Gasteiger partial charge in [-0.3, -0.25) is 4.90 Å². The van der Waals surface area contributed by atoms with Crippen molar-refractivity contribution in [1.82, 2.24) is 4.90 Å². The Hall–Kier alpha value is -1.02. The molecule has 1 saturated carbocycles. The van der Waals surface area contributed by atoms with Crippen LogP contribution in [0.25, 0.3) is 0 Å². The predicted molar refractivity (Wildman–Crippen MR) is 68.9 cm³/mol. The molecule has 1 aromatic carbocycles. The topological polar surface area (TPSA) is 23.5 Å². The van der Waals surface area contributed by atoms with E-state index in [2.05, 4.69) is 4.90 Å². The van der Waals surface area contributed by atoms with Crippen LogP contribution < -0.4 is 0 Å². The largest absolute Gasteiger partial charge is 0.508 e. The molecule has 92 valence electrons. The van der Waals surface area contributed by atoms with E-state index in [0.29, 0.717) is 5.75 Å². The summed E-state index contributed by atoms with van der Waals surface area (Å²) >= 11 is 0. The molecule has 3 rings (SSSR count). The lowest BCUT2D eigenvalue weighted by Crippen LogP contribution is -2.34. The van der Waals surface area contributed by atoms with Gasteiger partial charge in [0.15, 0.2) is 0 Å². The maximum absolute atomic E-state index is 9.29. The molecule has 1 aromatic rings. The summed E-state index contributed by atoms with van der Waals surface area (Å²) in [6.07, 6.45) is 7.07. The number of nitrogens with zero attached hydrogens (tertiary/aromatic N) is 1. The molecule has 1 saturated heterocycles. The molecule has 17 heavy (non-hydrogen) atoms. The Bertz CT molecular complexity index is 373. The van der Waals surface area contributed by atoms with Crippen molar-refractivity contribution in [2.45, 2.75) is 44.7 Å². The number of hydrogen-bond donors (Lipinski definition) is 1. The van der Waals surface area contributed by atoms with E-state index in [-0.39, 0.29) is 0 Å². The van der Waals surface area contributed by atoms with Crippen molar-refractivity contribution in [2.75, 3.05) is 6.54 Å². The highest BCUT2D eigenvalue weighted by molar-refractivity contribution is 5.26. The monoisotopic (exact) mass is 231 g/mol. The first kappa shape index (κ1) is 11.1. The summed E-state index contributed by atoms with van der Waals surface area (Å²) in [7, 11) is 0. The molecule has 2 unspecified atom stereocenters. The third kappa shape index (κ3) is 2.32. The van der Waals surface area contributed by atoms with Gasteiger partial charge in [-0.2, -0.15) is 0 Å². The number of fused-ring (bicyclic) bond motifs is 1. The van der Waals surface area contributed by atoms with Crippen LogP contribution in [0.1, 0.15) is 37.7 Å². The Morgan fingerprint density at radius 3 is 2.65 bits per heavy atom. The van der Waals surface area contributed by atoms with E-state index in [9.17, 15) is 5.11 Å². The van der Waals surface area contributed by atoms with Crippen LogP contribution in [0, 0.1) is 5.92 Å². The zero-order valence-corrected chi connectivity index (χ0v) is 10.3. The van der Waals surface area contributed by atoms with Gasteiger partial charge in [-0.1, -0.05) is 25.0 Å². The number of rotatable bonds is 2. The number of benzene rings is 1. The van der Waals surface area contributed by atoms with Crippen LogP contribution in [0.3, 0.4) is 0 Å². The second kappa shape index (κ2) is 4.69. The van der Waals surface area contributed by atoms with E-state index in [1.54, 1.807) is 12.1 Å². The molecule has 0 aromatic heterocycles. The van der Waals surface area contributed by atoms with E-state index in [1.807, 2.05) is 12.1 Å². The van der Waals surface area contributed by atoms with Crippen LogP contribution in [-0.4, -0.2) is 22.6 Å². The summed E-state index contributed by atoms with van der Waals surface area (Å²) in [5.41, 5.74) is 1.33. The quantitative estimate of drug-likeness (QED) is 0.845. The molecule has 2 aliphatic rings. The molecule has 2 nitrogen and oxygen atoms in total. The highest BCUT2D eigenvalue weighted by atomic mass is 16.3. The molecule has 0 radical (unpaired) electrons. The molecule has 1 aliphatic heterocycles. The zero-order valence-electron chi connectivity index (χ0n) is 10.3. The summed E-state index contributed by atoms with van der Waals surface area (Å²) in [6, 6.07) is 8.52. The van der Waals surface area contributed by atoms with Crippen molar-refractivity contribution < 1.29 is 5.11 Å². The fraction of sp³-hybridized carbons (Fsp3) is 0.600. The highest BCUT2D eigenvalue weighted by Crippen LogP contribution is 2.36. The Morgan fingerprint density at radius 1 is 1.06 bits per heavy atom. The van der Waals surface area contributed by atoms with Crippen LogP contribution in [-0.2, 0) is 6.54 Å². The Balaban J connectivity index is 1.67. The standard InChI is InChI=1S/C15H21NO/c17-14-7-5-12(6-8-14)11-16-10-9-13-3-1-2-4-15(13)16/h5-8,13,15,17H,1-4,9-11H2. The van der Waals surface area contributed by atoms with Gasteiger partial charge in [-0.15, -0.1) is 0 Å². The average molecular weight is 231 g/mol. The van der Waals surface area contributed by atoms with Gasteiger partial charge in [-0.05, 0) is 49.4 Å². The molecule has 0 amide bonds. The third-order valence-corrected chi connectivity index (χ3v) is 4.45. The number of phenols is 1. The minimum atomic E-state index is 0.366. The second-order valence-corrected chi connectivity index (χ2v) is 5.54. The van der Waals surface area contributed by atoms with Gasteiger partial charge in [0.2, 0.25) is 0 Å². The van der Waals surface area contributed by atoms with Gasteiger partial charge in [0.1, 0.15) is 5.75 Å². The summed E-state index contributed by atoms with van der Waals surface area (Å²) in [6.45, 7) is 2.32. The van der Waals surface area contributed by atoms with Crippen molar-refractivity contribution in [3.05, 3.63) is 29.8 Å². The highest BCUT2D eigenvalue weighted by Gasteiger charge is 2.35. The first-order valence-electron chi connectivity index (χ1n) is 6.85. The smallest absolute Gasteiger partial charge is 0.115 e. The molecular formula is C15H21NO. The summed E-state index contributed by atoms with van der Waals surface area (Å²) < 4.78 is 0. The summed E-state index contributed by atoms with van der Waals surface area (Å²) in [4.78, 5) is 2.65. The second-order valence-electron chi connectivity index (χ2n) is 5.54. The fourth-order valence-electron chi connectivity index (χ4n) is 3.54. The molecule has 0 spiro atoms. The lowest BCUT2D eigenvalue weighted by molar-refractivity contribution is 0.176. The van der Waals surface area contributed by atoms with Crippen molar-refractivity contribution in [3.8, 4) is 5.75 Å². The molecule has 0 bridgehead atoms. The molecule has 1 N–H and O–H groups in total. The van der Waals surface area contributed by atoms with Crippen molar-refractivity contribution in [2.24, 2.45) is 5.92 Å². The van der Waals surface area contributed by atoms with Gasteiger partial charge in [0, 0.05) is 12.6 Å². The van der Waals surface area contributed by atoms with Crippen molar-refractivity contribution >= 4 is 0 Å². The minimum Gasteiger partial charge on any atom is -0.508 e. The number of hydrogen-bond acceptors (Lipinski definition) is 2. The summed E-state index contributed by atoms with van der Waals surface area (Å²) in [5, 5.41) is 9.29. The lowest BCUT2D eigenvalue weighted by Gasteiger charge is -2.31. The predicted octanol–water partition coefficient (Wildman–Crippen LogP) is 3.16. The molecule has 2 fully saturated rings. The van der Waals surface area contributed by atoms with Crippen LogP contribution >= 0.6 is 0 Å². The van der Waals surface area contributed by atoms with Crippen LogP contribution in [0.5, 0.6) is 5.75 Å². The average Bonchev–Trinajstić information content (AvgIpc) is 2.76. The maximum Gasteiger partial charge on any atom is 0.115 e. The van der Waals surface area contributed by atoms with Crippen molar-refractivity contribution in [3.63, 3.8) is 0 Å². The van der Waals surface area contributed by atoms with Gasteiger partial charge in [0.25, 0.3) is 0 Å². The van der Waals surface area contributed by atoms with E-state index in [0.717, 1.165) is 18.5 Å². The minimum absolute atomic E-state index is 0.366. The Morgan fingerprint density at radius 2 is 1.82 bits per heavy atom. The summed E-state index contributed by atoms with van der Waals surface area (Å²) in [5.74, 6) is 1.33. The van der Waals surface area contributed by atoms with Crippen molar-refractivity contribution in [1.29, 1.82) is 0 Å². The first-order chi connectivity index (χ1) is 8.33. The fourth-order valence-corrected chi connectivity index (χ4v) is 3.54. The molecule has 1 aliphatic carbocycles. The Labute approximate surface area is 103 Å². The van der Waals surface area contributed by atoms with Crippen LogP contribution in [0.2, 0.25) is 0 Å². The first-order valence-corrected chi connectivity index (χ1v) is 6.85. The molecule has 2 heteroatoms. The zero-order chi connectivity index (χ0) is 11.7. The van der Waals surface area contributed by atoms with Gasteiger partial charge >= 0.3 is 0 Å². The van der Waals surface area contributed by atoms with Gasteiger partial charge < -0.3 is 5.11 Å². The molecule has 1 heterocycles. The number of likely N-dealkylation sites (tertiary alicyclic amines) is 1. The number of aromatic hydroxyl groups is 1. The van der Waals surface area contributed by atoms with E-state index in [1.165, 1.54) is 44.2 Å². The Kier molecular flexibility index (Phi) is 3.06. The van der Waals surface area contributed by atoms with Gasteiger partial charge in [-0.25, -0.2) is 0 Å². The normalized spacial score (nSPS) is 29.2. The number of phenolic OH excluding ortho intramolecular Hbond substituents is 1. The van der Waals surface area contributed by atoms with Crippen LogP contribution in [0.15, 0.2) is 24.3 Å². The third-order valence-electron chi connectivity index (χ3n) is 4.45. The van der Waals surface area contributed by atoms with E-state index < -0.39 is 0 Å². The molecular weight excluding hydrogens is 210 g/mol. The van der Waals surface area contributed by atoms with E-state index >= 15 is 0 Å². The van der Waals surface area contributed by atoms with Gasteiger partial charge in [0.05, 0.1) is 0 Å². The lowest BCUT2D eigenvalue weighted by atomic mass is 9.85. The SMILES string of the molecule is Oc1ccc(CN2CCC3CCCCC32)cc1. The van der Waals surface area contributed by atoms with E-state index in [4.69, 9.17) is 0 Å². The maximum atomic E-state index is 9.29. The van der Waals surface area contributed by atoms with Crippen LogP contribution in [0.4, 0.5) is 0 Å².